The van der Waals surface area contributed by atoms with Crippen molar-refractivity contribution in [1.82, 2.24) is 6.15 Å². The van der Waals surface area contributed by atoms with Crippen LogP contribution in [0.15, 0.2) is 256 Å². The lowest BCUT2D eigenvalue weighted by atomic mass is 9.73. The molecule has 119 heavy (non-hydrogen) atoms. The van der Waals surface area contributed by atoms with E-state index in [0.717, 1.165) is 38.9 Å². The van der Waals surface area contributed by atoms with Crippen molar-refractivity contribution in [1.29, 1.82) is 15.8 Å². The van der Waals surface area contributed by atoms with Crippen molar-refractivity contribution in [2.75, 3.05) is 0 Å². The summed E-state index contributed by atoms with van der Waals surface area (Å²) in [6, 6.07) is 84.7. The second-order valence-corrected chi connectivity index (χ2v) is 31.4. The van der Waals surface area contributed by atoms with Crippen molar-refractivity contribution in [3.8, 4) is 29.7 Å². The van der Waals surface area contributed by atoms with Crippen LogP contribution >= 0.6 is 0 Å². The number of esters is 4. The highest BCUT2D eigenvalue weighted by Crippen LogP contribution is 2.46. The Kier molecular flexibility index (Phi) is 47.9. The molecule has 0 fully saturated rings. The number of benzene rings is 9. The van der Waals surface area contributed by atoms with E-state index in [1.807, 2.05) is 208 Å². The molecule has 634 valence electrons. The summed E-state index contributed by atoms with van der Waals surface area (Å²) in [5.74, 6) is -0.0460. The van der Waals surface area contributed by atoms with Crippen LogP contribution in [0.25, 0.3) is 18.2 Å². The largest absolute Gasteiger partial charge is 0.508 e. The number of rotatable bonds is 27. The summed E-state index contributed by atoms with van der Waals surface area (Å²) in [4.78, 5) is 58.1. The van der Waals surface area contributed by atoms with Gasteiger partial charge in [0.1, 0.15) is 28.3 Å². The molecule has 9 rings (SSSR count). The number of nitriles is 3. The first-order valence-corrected chi connectivity index (χ1v) is 38.9. The van der Waals surface area contributed by atoms with Crippen molar-refractivity contribution >= 4 is 47.9 Å². The van der Waals surface area contributed by atoms with Gasteiger partial charge in [-0.25, -0.2) is 0 Å². The smallest absolute Gasteiger partial charge is 0.308 e. The Morgan fingerprint density at radius 2 is 0.613 bits per heavy atom. The first kappa shape index (κ1) is 107. The third kappa shape index (κ3) is 37.8. The van der Waals surface area contributed by atoms with E-state index in [0.29, 0.717) is 25.0 Å². The molecule has 6 N–H and O–H groups in total. The molecule has 9 aromatic carbocycles. The van der Waals surface area contributed by atoms with Gasteiger partial charge in [-0.1, -0.05) is 300 Å². The lowest BCUT2D eigenvalue weighted by Gasteiger charge is -2.31. The van der Waals surface area contributed by atoms with Crippen LogP contribution in [-0.2, 0) is 33.4 Å². The molecule has 15 nitrogen and oxygen atoms in total. The Hall–Kier alpha value is -12.1. The van der Waals surface area contributed by atoms with E-state index in [9.17, 15) is 44.9 Å². The second kappa shape index (κ2) is 53.3. The normalized spacial score (nSPS) is 12.7. The van der Waals surface area contributed by atoms with Gasteiger partial charge < -0.3 is 35.7 Å². The first-order valence-electron chi connectivity index (χ1n) is 38.9. The lowest BCUT2D eigenvalue weighted by Crippen LogP contribution is -2.24. The molecule has 0 saturated heterocycles. The zero-order valence-corrected chi connectivity index (χ0v) is 70.5. The van der Waals surface area contributed by atoms with Gasteiger partial charge in [-0.15, -0.1) is 0 Å². The summed E-state index contributed by atoms with van der Waals surface area (Å²) in [5, 5.41) is 38.5. The van der Waals surface area contributed by atoms with Gasteiger partial charge in [-0.2, -0.15) is 15.8 Å². The SMILES string of the molecule is C.C.C.C=Cc1ccc(C(C#N)CCC(=O)OC(C)(C)C)cc1.C=Cc1ccc(C(C)=O)cc1.C=Cc1ccccc1.CC(=O)Oc1ccc(C(C)C(c2ccccc2)C(C)c2ccc(C(C#N)CCC(=O)OC(C)(C)C)cc2)cc1.CC(c1ccc(O)cc1)C(c1ccccc1)C(C)c1ccc(C(C#N)CCC(=O)OC(C)(C)C)cc1.N.O. The Labute approximate surface area is 712 Å². The number of phenols is 1. The Morgan fingerprint density at radius 3 is 0.866 bits per heavy atom. The van der Waals surface area contributed by atoms with Crippen molar-refractivity contribution in [2.24, 2.45) is 0 Å². The fourth-order valence-corrected chi connectivity index (χ4v) is 13.2. The number of ketones is 1. The number of carbonyl (C=O) groups excluding carboxylic acids is 5. The summed E-state index contributed by atoms with van der Waals surface area (Å²) in [5.41, 5.74) is 12.4. The van der Waals surface area contributed by atoms with Gasteiger partial charge >= 0.3 is 23.9 Å². The molecule has 0 bridgehead atoms. The molecule has 0 heterocycles. The average Bonchev–Trinajstić information content (AvgIpc) is 0.806. The highest BCUT2D eigenvalue weighted by atomic mass is 16.6. The van der Waals surface area contributed by atoms with Gasteiger partial charge in [0.2, 0.25) is 0 Å². The zero-order chi connectivity index (χ0) is 84.1. The van der Waals surface area contributed by atoms with E-state index in [4.69, 9.17) is 18.9 Å². The Balaban J connectivity index is 0.00000159. The van der Waals surface area contributed by atoms with E-state index >= 15 is 0 Å². The topological polar surface area (TPSA) is 280 Å². The minimum Gasteiger partial charge on any atom is -0.508 e. The summed E-state index contributed by atoms with van der Waals surface area (Å²) >= 11 is 0. The minimum absolute atomic E-state index is 0. The predicted molar refractivity (Wildman–Crippen MR) is 489 cm³/mol. The minimum atomic E-state index is -0.534. The Morgan fingerprint density at radius 1 is 0.370 bits per heavy atom. The number of phenolic OH excluding ortho intramolecular Hbond substituents is 1. The van der Waals surface area contributed by atoms with Crippen LogP contribution in [0.4, 0.5) is 0 Å². The van der Waals surface area contributed by atoms with E-state index < -0.39 is 16.8 Å². The maximum atomic E-state index is 12.2. The molecule has 9 atom stereocenters. The molecule has 0 radical (unpaired) electrons. The van der Waals surface area contributed by atoms with Gasteiger partial charge in [-0.05, 0) is 215 Å². The second-order valence-electron chi connectivity index (χ2n) is 31.4. The molecular formula is C104H132N4O11. The molecule has 15 heteroatoms. The van der Waals surface area contributed by atoms with Crippen LogP contribution in [0.2, 0.25) is 0 Å². The number of hydrogen-bond donors (Lipinski definition) is 2. The molecular weight excluding hydrogens is 1480 g/mol. The van der Waals surface area contributed by atoms with E-state index in [1.54, 1.807) is 43.3 Å². The molecule has 0 saturated carbocycles. The standard InChI is InChI=1S/C34H39NO4.C32H37NO3.C17H21NO2.C10H10O.C8H8.3CH4.H3N.H2O/c1-23(26-12-14-28(15-13-26)30(22-35)18-21-32(37)39-34(4,5)6)33(29-10-8-7-9-11-29)24(2)27-16-19-31(20-17-27)38-25(3)36;1-22(31(27-9-7-6-8-10-27)23(2)25-15-18-29(34)19-16-25)24-11-13-26(14-12-24)28(21-33)17-20-30(35)36-32(3,4)5;1-5-13-6-8-14(9-7-13)15(12-18)10-11-16(19)20-17(2,3)4;1-3-9-4-6-10(7-5-9)8(2)11;1-2-8-6-4-3-5-7-8;;;;;/h7-17,19-20,23-24,30,33H,18,21H2,1-6H3;6-16,18-19,22-23,28,31,34H,17,20H2,1-5H3;5-9,15H,1,10-11H2,2-4H3;3-7H,1H2,2H3;2-7H,1H2;3*1H4;1H3;1H2. The summed E-state index contributed by atoms with van der Waals surface area (Å²) in [7, 11) is 0. The Bertz CT molecular complexity index is 4620. The molecule has 0 aliphatic heterocycles. The van der Waals surface area contributed by atoms with Crippen LogP contribution in [0, 0.1) is 34.0 Å². The molecule has 9 aromatic rings. The van der Waals surface area contributed by atoms with Gasteiger partial charge in [0.05, 0.1) is 36.0 Å². The van der Waals surface area contributed by atoms with E-state index in [1.165, 1.54) is 40.3 Å². The van der Waals surface area contributed by atoms with Crippen LogP contribution in [0.3, 0.4) is 0 Å². The van der Waals surface area contributed by atoms with E-state index in [-0.39, 0.29) is 142 Å². The molecule has 0 spiro atoms. The number of nitrogens with zero attached hydrogens (tertiary/aromatic N) is 3. The maximum Gasteiger partial charge on any atom is 0.308 e. The number of Topliss-reactive ketones (excluding diaryl/α,β-unsaturated/α-hetero) is 1. The summed E-state index contributed by atoms with van der Waals surface area (Å²) in [6.07, 6.45) is 7.34. The maximum absolute atomic E-state index is 12.2. The van der Waals surface area contributed by atoms with Crippen molar-refractivity contribution in [2.45, 2.75) is 235 Å². The van der Waals surface area contributed by atoms with Crippen LogP contribution in [0.1, 0.15) is 295 Å². The zero-order valence-electron chi connectivity index (χ0n) is 70.5. The van der Waals surface area contributed by atoms with Crippen molar-refractivity contribution in [3.05, 3.63) is 329 Å². The monoisotopic (exact) mass is 1610 g/mol. The highest BCUT2D eigenvalue weighted by Gasteiger charge is 2.31. The third-order valence-electron chi connectivity index (χ3n) is 19.1. The van der Waals surface area contributed by atoms with Crippen molar-refractivity contribution in [3.63, 3.8) is 0 Å². The summed E-state index contributed by atoms with van der Waals surface area (Å²) in [6.45, 7) is 39.4. The molecule has 0 aromatic heterocycles. The number of ether oxygens (including phenoxy) is 4. The summed E-state index contributed by atoms with van der Waals surface area (Å²) < 4.78 is 21.2. The van der Waals surface area contributed by atoms with Crippen LogP contribution in [-0.4, -0.2) is 57.0 Å². The van der Waals surface area contributed by atoms with Crippen LogP contribution in [0.5, 0.6) is 11.5 Å². The van der Waals surface area contributed by atoms with Gasteiger partial charge in [0, 0.05) is 31.7 Å². The quantitative estimate of drug-likeness (QED) is 0.0210. The molecule has 0 amide bonds. The van der Waals surface area contributed by atoms with Crippen molar-refractivity contribution < 1.29 is 53.5 Å². The predicted octanol–water partition coefficient (Wildman–Crippen LogP) is 26.0. The van der Waals surface area contributed by atoms with Gasteiger partial charge in [0.15, 0.2) is 5.78 Å². The molecule has 0 aliphatic rings. The average molecular weight is 1610 g/mol. The fraction of sp³-hybridized carbons (Fsp3) is 0.346. The molecule has 9 unspecified atom stereocenters. The lowest BCUT2D eigenvalue weighted by molar-refractivity contribution is -0.156. The first-order chi connectivity index (χ1) is 54.1. The molecule has 0 aliphatic carbocycles. The number of carbonyl (C=O) groups is 5. The third-order valence-corrected chi connectivity index (χ3v) is 19.1. The van der Waals surface area contributed by atoms with Gasteiger partial charge in [0.25, 0.3) is 0 Å². The number of aromatic hydroxyl groups is 1. The van der Waals surface area contributed by atoms with Gasteiger partial charge in [-0.3, -0.25) is 24.0 Å². The highest BCUT2D eigenvalue weighted by molar-refractivity contribution is 5.94. The van der Waals surface area contributed by atoms with Crippen LogP contribution < -0.4 is 10.9 Å². The fourth-order valence-electron chi connectivity index (χ4n) is 13.2. The number of hydrogen-bond acceptors (Lipinski definition) is 14. The van der Waals surface area contributed by atoms with E-state index in [2.05, 4.69) is 138 Å².